The maximum atomic E-state index is 12.5. The van der Waals surface area contributed by atoms with Crippen LogP contribution in [0.15, 0.2) is 0 Å². The fraction of sp³-hybridized carbons (Fsp3) is 0.846. The predicted molar refractivity (Wildman–Crippen MR) is 69.1 cm³/mol. The molecule has 18 heavy (non-hydrogen) atoms. The monoisotopic (exact) mass is 253 g/mol. The van der Waals surface area contributed by atoms with Gasteiger partial charge in [-0.2, -0.15) is 0 Å². The number of likely N-dealkylation sites (tertiary alicyclic amines) is 1. The Morgan fingerprint density at radius 2 is 1.94 bits per heavy atom. The predicted octanol–water partition coefficient (Wildman–Crippen LogP) is 0.208. The topological polar surface area (TPSA) is 52.7 Å². The molecule has 0 aromatic heterocycles. The molecule has 0 aromatic carbocycles. The lowest BCUT2D eigenvalue weighted by Crippen LogP contribution is -2.67. The quantitative estimate of drug-likeness (QED) is 0.765. The SMILES string of the molecule is CCC1(C)NC(=O)CN(C2CCN(C)CC2)C1=O. The summed E-state index contributed by atoms with van der Waals surface area (Å²) in [4.78, 5) is 28.4. The van der Waals surface area contributed by atoms with Gasteiger partial charge in [-0.1, -0.05) is 6.92 Å². The second-order valence-electron chi connectivity index (χ2n) is 5.70. The number of hydrogen-bond acceptors (Lipinski definition) is 3. The summed E-state index contributed by atoms with van der Waals surface area (Å²) >= 11 is 0. The summed E-state index contributed by atoms with van der Waals surface area (Å²) in [5.41, 5.74) is -0.710. The molecule has 5 nitrogen and oxygen atoms in total. The van der Waals surface area contributed by atoms with Crippen molar-refractivity contribution in [1.29, 1.82) is 0 Å². The van der Waals surface area contributed by atoms with E-state index in [1.807, 2.05) is 13.8 Å². The zero-order valence-electron chi connectivity index (χ0n) is 11.5. The van der Waals surface area contributed by atoms with E-state index in [-0.39, 0.29) is 24.4 Å². The first-order valence-corrected chi connectivity index (χ1v) is 6.77. The van der Waals surface area contributed by atoms with Crippen LogP contribution in [0.3, 0.4) is 0 Å². The molecule has 1 atom stereocenters. The van der Waals surface area contributed by atoms with Crippen LogP contribution in [-0.4, -0.2) is 59.9 Å². The Morgan fingerprint density at radius 3 is 2.50 bits per heavy atom. The molecule has 1 N–H and O–H groups in total. The van der Waals surface area contributed by atoms with E-state index in [9.17, 15) is 9.59 Å². The van der Waals surface area contributed by atoms with Gasteiger partial charge in [-0.3, -0.25) is 9.59 Å². The van der Waals surface area contributed by atoms with E-state index in [1.54, 1.807) is 4.90 Å². The minimum Gasteiger partial charge on any atom is -0.340 e. The van der Waals surface area contributed by atoms with Crippen molar-refractivity contribution in [2.45, 2.75) is 44.7 Å². The van der Waals surface area contributed by atoms with Gasteiger partial charge in [-0.25, -0.2) is 0 Å². The van der Waals surface area contributed by atoms with E-state index >= 15 is 0 Å². The number of hydrogen-bond donors (Lipinski definition) is 1. The van der Waals surface area contributed by atoms with Crippen molar-refractivity contribution < 1.29 is 9.59 Å². The van der Waals surface area contributed by atoms with Gasteiger partial charge in [0.1, 0.15) is 5.54 Å². The third-order valence-corrected chi connectivity index (χ3v) is 4.30. The number of rotatable bonds is 2. The standard InChI is InChI=1S/C13H23N3O2/c1-4-13(2)12(18)16(9-11(17)14-13)10-5-7-15(3)8-6-10/h10H,4-9H2,1-3H3,(H,14,17). The van der Waals surface area contributed by atoms with E-state index in [2.05, 4.69) is 17.3 Å². The fourth-order valence-electron chi connectivity index (χ4n) is 2.79. The number of piperidine rings is 1. The van der Waals surface area contributed by atoms with E-state index in [0.29, 0.717) is 6.42 Å². The van der Waals surface area contributed by atoms with Gasteiger partial charge in [-0.15, -0.1) is 0 Å². The highest BCUT2D eigenvalue weighted by Crippen LogP contribution is 2.24. The number of nitrogens with zero attached hydrogens (tertiary/aromatic N) is 2. The summed E-state index contributed by atoms with van der Waals surface area (Å²) in [5, 5.41) is 2.83. The number of amides is 2. The van der Waals surface area contributed by atoms with Gasteiger partial charge in [-0.05, 0) is 46.3 Å². The van der Waals surface area contributed by atoms with Crippen LogP contribution in [0.4, 0.5) is 0 Å². The second kappa shape index (κ2) is 4.88. The lowest BCUT2D eigenvalue weighted by Gasteiger charge is -2.45. The number of carbonyl (C=O) groups is 2. The van der Waals surface area contributed by atoms with Crippen LogP contribution in [0, 0.1) is 0 Å². The minimum atomic E-state index is -0.710. The van der Waals surface area contributed by atoms with Crippen LogP contribution < -0.4 is 5.32 Å². The van der Waals surface area contributed by atoms with Crippen LogP contribution in [0.1, 0.15) is 33.1 Å². The molecule has 2 amide bonds. The molecule has 0 radical (unpaired) electrons. The highest BCUT2D eigenvalue weighted by atomic mass is 16.2. The zero-order chi connectivity index (χ0) is 13.3. The van der Waals surface area contributed by atoms with E-state index in [1.165, 1.54) is 0 Å². The molecule has 0 aliphatic carbocycles. The Kier molecular flexibility index (Phi) is 3.61. The first-order chi connectivity index (χ1) is 8.46. The molecule has 0 aromatic rings. The molecule has 2 aliphatic heterocycles. The van der Waals surface area contributed by atoms with Crippen molar-refractivity contribution in [3.05, 3.63) is 0 Å². The van der Waals surface area contributed by atoms with Crippen molar-refractivity contribution in [3.63, 3.8) is 0 Å². The van der Waals surface area contributed by atoms with Crippen molar-refractivity contribution in [3.8, 4) is 0 Å². The average molecular weight is 253 g/mol. The van der Waals surface area contributed by atoms with Crippen molar-refractivity contribution in [2.24, 2.45) is 0 Å². The number of piperazine rings is 1. The van der Waals surface area contributed by atoms with Crippen LogP contribution >= 0.6 is 0 Å². The van der Waals surface area contributed by atoms with Gasteiger partial charge in [0.25, 0.3) is 0 Å². The maximum absolute atomic E-state index is 12.5. The highest BCUT2D eigenvalue weighted by molar-refractivity contribution is 5.97. The van der Waals surface area contributed by atoms with Gasteiger partial charge in [0.05, 0.1) is 6.54 Å². The molecule has 2 aliphatic rings. The van der Waals surface area contributed by atoms with Crippen LogP contribution in [0.5, 0.6) is 0 Å². The first kappa shape index (κ1) is 13.3. The highest BCUT2D eigenvalue weighted by Gasteiger charge is 2.44. The maximum Gasteiger partial charge on any atom is 0.248 e. The Balaban J connectivity index is 2.12. The summed E-state index contributed by atoms with van der Waals surface area (Å²) in [6, 6.07) is 0.227. The molecule has 102 valence electrons. The van der Waals surface area contributed by atoms with Gasteiger partial charge in [0, 0.05) is 6.04 Å². The Bertz CT molecular complexity index is 350. The lowest BCUT2D eigenvalue weighted by molar-refractivity contribution is -0.152. The molecule has 2 saturated heterocycles. The molecular formula is C13H23N3O2. The van der Waals surface area contributed by atoms with Gasteiger partial charge in [0.2, 0.25) is 11.8 Å². The molecule has 0 spiro atoms. The van der Waals surface area contributed by atoms with Crippen molar-refractivity contribution >= 4 is 11.8 Å². The summed E-state index contributed by atoms with van der Waals surface area (Å²) in [6.45, 7) is 5.99. The van der Waals surface area contributed by atoms with E-state index < -0.39 is 5.54 Å². The largest absolute Gasteiger partial charge is 0.340 e. The van der Waals surface area contributed by atoms with Gasteiger partial charge < -0.3 is 15.1 Å². The number of nitrogens with one attached hydrogen (secondary N) is 1. The van der Waals surface area contributed by atoms with Crippen molar-refractivity contribution in [2.75, 3.05) is 26.7 Å². The minimum absolute atomic E-state index is 0.0297. The van der Waals surface area contributed by atoms with Crippen LogP contribution in [-0.2, 0) is 9.59 Å². The molecule has 0 saturated carbocycles. The fourth-order valence-corrected chi connectivity index (χ4v) is 2.79. The Morgan fingerprint density at radius 1 is 1.33 bits per heavy atom. The number of carbonyl (C=O) groups excluding carboxylic acids is 2. The molecule has 0 bridgehead atoms. The third kappa shape index (κ3) is 2.36. The van der Waals surface area contributed by atoms with Crippen molar-refractivity contribution in [1.82, 2.24) is 15.1 Å². The molecule has 2 heterocycles. The van der Waals surface area contributed by atoms with E-state index in [0.717, 1.165) is 25.9 Å². The molecule has 1 unspecified atom stereocenters. The molecule has 5 heteroatoms. The van der Waals surface area contributed by atoms with Crippen LogP contribution in [0.2, 0.25) is 0 Å². The summed E-state index contributed by atoms with van der Waals surface area (Å²) < 4.78 is 0. The second-order valence-corrected chi connectivity index (χ2v) is 5.70. The smallest absolute Gasteiger partial charge is 0.248 e. The Hall–Kier alpha value is -1.10. The van der Waals surface area contributed by atoms with Gasteiger partial charge in [0.15, 0.2) is 0 Å². The molecular weight excluding hydrogens is 230 g/mol. The zero-order valence-corrected chi connectivity index (χ0v) is 11.5. The van der Waals surface area contributed by atoms with E-state index in [4.69, 9.17) is 0 Å². The van der Waals surface area contributed by atoms with Crippen LogP contribution in [0.25, 0.3) is 0 Å². The average Bonchev–Trinajstić information content (AvgIpc) is 2.35. The Labute approximate surface area is 108 Å². The lowest BCUT2D eigenvalue weighted by atomic mass is 9.91. The molecule has 2 fully saturated rings. The summed E-state index contributed by atoms with van der Waals surface area (Å²) in [5.74, 6) is 0.0528. The first-order valence-electron chi connectivity index (χ1n) is 6.77. The van der Waals surface area contributed by atoms with Gasteiger partial charge >= 0.3 is 0 Å². The third-order valence-electron chi connectivity index (χ3n) is 4.30. The molecule has 2 rings (SSSR count). The summed E-state index contributed by atoms with van der Waals surface area (Å²) in [7, 11) is 2.09. The normalized spacial score (nSPS) is 31.6. The summed E-state index contributed by atoms with van der Waals surface area (Å²) in [6.07, 6.45) is 2.57.